The fourth-order valence-electron chi connectivity index (χ4n) is 5.31. The van der Waals surface area contributed by atoms with Crippen molar-refractivity contribution in [3.05, 3.63) is 0 Å². The topological polar surface area (TPSA) is 411 Å². The Hall–Kier alpha value is -5.09. The van der Waals surface area contributed by atoms with Gasteiger partial charge in [0, 0.05) is 19.4 Å². The molecule has 0 fully saturated rings. The summed E-state index contributed by atoms with van der Waals surface area (Å²) in [6, 6.07) is -7.70. The lowest BCUT2D eigenvalue weighted by molar-refractivity contribution is -0.143. The van der Waals surface area contributed by atoms with Gasteiger partial charge in [-0.2, -0.15) is 0 Å². The SMILES string of the molecule is CCC(C)C(NC(=O)C(CCCN=C(N)N)NC(=O)C(CCC(N)=O)NC(=O)C(CCC(N)=O)NC(=O)C(N)CCCCN)C(=O)NC(CCCCN)C(=O)O. The monoisotopic (exact) mass is 800 g/mol. The molecule has 0 aromatic rings. The van der Waals surface area contributed by atoms with Crippen LogP contribution in [0.15, 0.2) is 4.99 Å². The van der Waals surface area contributed by atoms with E-state index in [1.807, 2.05) is 0 Å². The molecule has 0 aliphatic carbocycles. The van der Waals surface area contributed by atoms with Gasteiger partial charge >= 0.3 is 5.97 Å². The molecule has 7 atom stereocenters. The highest BCUT2D eigenvalue weighted by Gasteiger charge is 2.34. The summed E-state index contributed by atoms with van der Waals surface area (Å²) < 4.78 is 0. The number of guanidine groups is 1. The van der Waals surface area contributed by atoms with Crippen LogP contribution in [0.4, 0.5) is 0 Å². The number of nitrogens with one attached hydrogen (secondary N) is 5. The number of hydrogen-bond acceptors (Lipinski definition) is 12. The fourth-order valence-corrected chi connectivity index (χ4v) is 5.31. The predicted molar refractivity (Wildman–Crippen MR) is 207 cm³/mol. The number of nitrogens with two attached hydrogens (primary N) is 7. The lowest BCUT2D eigenvalue weighted by atomic mass is 9.96. The molecule has 0 bridgehead atoms. The summed E-state index contributed by atoms with van der Waals surface area (Å²) in [6.45, 7) is 4.23. The third kappa shape index (κ3) is 21.7. The van der Waals surface area contributed by atoms with Crippen LogP contribution in [0.1, 0.15) is 97.3 Å². The van der Waals surface area contributed by atoms with Crippen LogP contribution in [0.3, 0.4) is 0 Å². The molecule has 22 nitrogen and oxygen atoms in total. The highest BCUT2D eigenvalue weighted by atomic mass is 16.4. The third-order valence-corrected chi connectivity index (χ3v) is 8.86. The molecule has 20 N–H and O–H groups in total. The number of rotatable bonds is 31. The fraction of sp³-hybridized carbons (Fsp3) is 0.735. The highest BCUT2D eigenvalue weighted by molar-refractivity contribution is 5.96. The van der Waals surface area contributed by atoms with Gasteiger partial charge in [0.1, 0.15) is 30.2 Å². The van der Waals surface area contributed by atoms with Gasteiger partial charge in [-0.3, -0.25) is 38.6 Å². The van der Waals surface area contributed by atoms with E-state index in [0.717, 1.165) is 0 Å². The number of carbonyl (C=O) groups excluding carboxylic acids is 7. The van der Waals surface area contributed by atoms with E-state index in [9.17, 15) is 43.5 Å². The number of hydrogen-bond donors (Lipinski definition) is 13. The van der Waals surface area contributed by atoms with Gasteiger partial charge in [0.15, 0.2) is 5.96 Å². The second-order valence-electron chi connectivity index (χ2n) is 13.6. The Morgan fingerprint density at radius 2 is 1.00 bits per heavy atom. The van der Waals surface area contributed by atoms with E-state index in [2.05, 4.69) is 31.6 Å². The highest BCUT2D eigenvalue weighted by Crippen LogP contribution is 2.12. The second-order valence-corrected chi connectivity index (χ2v) is 13.6. The minimum atomic E-state index is -1.49. The van der Waals surface area contributed by atoms with E-state index >= 15 is 0 Å². The van der Waals surface area contributed by atoms with Gasteiger partial charge in [-0.05, 0) is 76.8 Å². The molecule has 56 heavy (non-hydrogen) atoms. The van der Waals surface area contributed by atoms with Gasteiger partial charge in [0.05, 0.1) is 6.04 Å². The summed E-state index contributed by atoms with van der Waals surface area (Å²) in [5.74, 6) is -7.68. The molecule has 320 valence electrons. The van der Waals surface area contributed by atoms with Crippen LogP contribution >= 0.6 is 0 Å². The molecule has 0 spiro atoms. The minimum absolute atomic E-state index is 0.0534. The Labute approximate surface area is 327 Å². The zero-order valence-corrected chi connectivity index (χ0v) is 32.6. The maximum absolute atomic E-state index is 13.8. The van der Waals surface area contributed by atoms with Gasteiger partial charge in [-0.1, -0.05) is 26.7 Å². The van der Waals surface area contributed by atoms with Gasteiger partial charge in [0.25, 0.3) is 0 Å². The summed E-state index contributed by atoms with van der Waals surface area (Å²) in [6.07, 6.45) is 1.71. The van der Waals surface area contributed by atoms with Crippen molar-refractivity contribution >= 4 is 53.3 Å². The number of amides is 7. The molecule has 0 saturated carbocycles. The summed E-state index contributed by atoms with van der Waals surface area (Å²) in [5, 5.41) is 22.3. The average Bonchev–Trinajstić information content (AvgIpc) is 3.13. The van der Waals surface area contributed by atoms with Crippen LogP contribution in [0.25, 0.3) is 0 Å². The zero-order chi connectivity index (χ0) is 42.8. The summed E-state index contributed by atoms with van der Waals surface area (Å²) >= 11 is 0. The lowest BCUT2D eigenvalue weighted by Gasteiger charge is -2.29. The average molecular weight is 800 g/mol. The van der Waals surface area contributed by atoms with Gasteiger partial charge in [0.2, 0.25) is 41.4 Å². The first-order valence-electron chi connectivity index (χ1n) is 18.9. The standard InChI is InChI=1S/C34H65N13O9/c1-3-19(2)27(32(54)46-24(33(55)56)10-5-7-17-36)47-31(53)21(11-8-18-42-34(40)41)44-30(52)23(13-15-26(39)49)45-29(51)22(12-14-25(38)48)43-28(50)20(37)9-4-6-16-35/h19-24,27H,3-18,35-37H2,1-2H3,(H2,38,48)(H2,39,49)(H,43,50)(H,44,52)(H,45,51)(H,46,54)(H,47,53)(H,55,56)(H4,40,41,42). The second kappa shape index (κ2) is 28.3. The van der Waals surface area contributed by atoms with Crippen LogP contribution in [0.2, 0.25) is 0 Å². The number of unbranched alkanes of at least 4 members (excludes halogenated alkanes) is 2. The van der Waals surface area contributed by atoms with E-state index in [4.69, 9.17) is 40.1 Å². The minimum Gasteiger partial charge on any atom is -0.480 e. The summed E-state index contributed by atoms with van der Waals surface area (Å²) in [5.41, 5.74) is 38.5. The Morgan fingerprint density at radius 1 is 0.571 bits per heavy atom. The van der Waals surface area contributed by atoms with Crippen LogP contribution in [-0.2, 0) is 38.4 Å². The van der Waals surface area contributed by atoms with Gasteiger partial charge in [-0.15, -0.1) is 0 Å². The maximum Gasteiger partial charge on any atom is 0.326 e. The van der Waals surface area contributed by atoms with Crippen LogP contribution < -0.4 is 66.7 Å². The largest absolute Gasteiger partial charge is 0.480 e. The van der Waals surface area contributed by atoms with Gasteiger partial charge in [-0.25, -0.2) is 4.79 Å². The van der Waals surface area contributed by atoms with E-state index in [1.54, 1.807) is 13.8 Å². The molecular formula is C34H65N13O9. The Bertz CT molecular complexity index is 1330. The Morgan fingerprint density at radius 3 is 1.45 bits per heavy atom. The zero-order valence-electron chi connectivity index (χ0n) is 32.6. The number of aliphatic carboxylic acids is 1. The maximum atomic E-state index is 13.8. The molecule has 0 aliphatic heterocycles. The Kier molecular flexibility index (Phi) is 25.8. The molecule has 0 heterocycles. The number of nitrogens with zero attached hydrogens (tertiary/aromatic N) is 1. The summed E-state index contributed by atoms with van der Waals surface area (Å²) in [7, 11) is 0. The van der Waals surface area contributed by atoms with Crippen molar-refractivity contribution in [3.8, 4) is 0 Å². The van der Waals surface area contributed by atoms with Crippen molar-refractivity contribution in [2.75, 3.05) is 19.6 Å². The molecule has 22 heteroatoms. The number of carbonyl (C=O) groups is 8. The lowest BCUT2D eigenvalue weighted by Crippen LogP contribution is -2.60. The van der Waals surface area contributed by atoms with E-state index in [0.29, 0.717) is 45.2 Å². The molecule has 0 rings (SSSR count). The number of primary amides is 2. The first-order chi connectivity index (χ1) is 26.4. The summed E-state index contributed by atoms with van der Waals surface area (Å²) in [4.78, 5) is 107. The van der Waals surface area contributed by atoms with Crippen LogP contribution in [0, 0.1) is 5.92 Å². The van der Waals surface area contributed by atoms with Crippen molar-refractivity contribution < 1.29 is 43.5 Å². The Balaban J connectivity index is 6.43. The number of carboxylic acids is 1. The van der Waals surface area contributed by atoms with Crippen molar-refractivity contribution in [1.82, 2.24) is 26.6 Å². The molecular weight excluding hydrogens is 734 g/mol. The number of aliphatic imine (C=N–C) groups is 1. The molecule has 7 unspecified atom stereocenters. The van der Waals surface area contributed by atoms with Crippen LogP contribution in [-0.4, -0.2) is 114 Å². The third-order valence-electron chi connectivity index (χ3n) is 8.86. The van der Waals surface area contributed by atoms with Crippen molar-refractivity contribution in [1.29, 1.82) is 0 Å². The van der Waals surface area contributed by atoms with Crippen molar-refractivity contribution in [3.63, 3.8) is 0 Å². The van der Waals surface area contributed by atoms with Crippen LogP contribution in [0.5, 0.6) is 0 Å². The van der Waals surface area contributed by atoms with E-state index in [-0.39, 0.29) is 63.9 Å². The predicted octanol–water partition coefficient (Wildman–Crippen LogP) is -4.29. The molecule has 0 aromatic carbocycles. The smallest absolute Gasteiger partial charge is 0.326 e. The van der Waals surface area contributed by atoms with E-state index < -0.39 is 89.5 Å². The molecule has 0 aliphatic rings. The van der Waals surface area contributed by atoms with Gasteiger partial charge < -0.3 is 71.8 Å². The normalized spacial score (nSPS) is 14.7. The quantitative estimate of drug-likeness (QED) is 0.0179. The first kappa shape index (κ1) is 50.9. The van der Waals surface area contributed by atoms with Crippen molar-refractivity contribution in [2.45, 2.75) is 134 Å². The first-order valence-corrected chi connectivity index (χ1v) is 18.9. The molecule has 0 saturated heterocycles. The number of carboxylic acid groups (broad SMARTS) is 1. The van der Waals surface area contributed by atoms with Crippen molar-refractivity contribution in [2.24, 2.45) is 51.0 Å². The molecule has 0 radical (unpaired) electrons. The molecule has 7 amide bonds. The van der Waals surface area contributed by atoms with E-state index in [1.165, 1.54) is 0 Å². The molecule has 0 aromatic heterocycles.